The van der Waals surface area contributed by atoms with Gasteiger partial charge in [-0.2, -0.15) is 0 Å². The second-order valence-electron chi connectivity index (χ2n) is 4.17. The van der Waals surface area contributed by atoms with Crippen molar-refractivity contribution in [3.8, 4) is 0 Å². The Morgan fingerprint density at radius 1 is 1.45 bits per heavy atom. The van der Waals surface area contributed by atoms with E-state index >= 15 is 0 Å². The van der Waals surface area contributed by atoms with E-state index in [1.54, 1.807) is 0 Å². The van der Waals surface area contributed by atoms with Crippen molar-refractivity contribution in [2.24, 2.45) is 0 Å². The Kier molecular flexibility index (Phi) is 7.04. The standard InChI is InChI=1S/C13H16BrNO4S/c1-8-6-9(14)2-3-11(8)20-7-12(17)15-10(4-5-16)13(18)19/h2-3,6,10,16H,4-5,7H2,1H3,(H,15,17)(H,18,19)/t10-/m1/s1. The molecule has 0 aromatic heterocycles. The number of aliphatic carboxylic acids is 1. The number of thioether (sulfide) groups is 1. The second kappa shape index (κ2) is 8.28. The summed E-state index contributed by atoms with van der Waals surface area (Å²) >= 11 is 4.71. The van der Waals surface area contributed by atoms with Crippen LogP contribution in [-0.2, 0) is 9.59 Å². The molecule has 110 valence electrons. The summed E-state index contributed by atoms with van der Waals surface area (Å²) in [5.41, 5.74) is 1.04. The second-order valence-corrected chi connectivity index (χ2v) is 6.10. The van der Waals surface area contributed by atoms with Crippen molar-refractivity contribution in [3.05, 3.63) is 28.2 Å². The average molecular weight is 362 g/mol. The molecule has 0 unspecified atom stereocenters. The minimum Gasteiger partial charge on any atom is -0.480 e. The van der Waals surface area contributed by atoms with Crippen molar-refractivity contribution < 1.29 is 19.8 Å². The molecule has 1 aromatic rings. The predicted molar refractivity (Wildman–Crippen MR) is 80.9 cm³/mol. The van der Waals surface area contributed by atoms with Gasteiger partial charge in [-0.25, -0.2) is 4.79 Å². The molecule has 1 aromatic carbocycles. The zero-order chi connectivity index (χ0) is 15.1. The molecule has 20 heavy (non-hydrogen) atoms. The fraction of sp³-hybridized carbons (Fsp3) is 0.385. The van der Waals surface area contributed by atoms with Crippen LogP contribution in [0.3, 0.4) is 0 Å². The van der Waals surface area contributed by atoms with Gasteiger partial charge in [-0.3, -0.25) is 4.79 Å². The third kappa shape index (κ3) is 5.52. The lowest BCUT2D eigenvalue weighted by molar-refractivity contribution is -0.141. The van der Waals surface area contributed by atoms with Crippen LogP contribution in [0.5, 0.6) is 0 Å². The Morgan fingerprint density at radius 2 is 2.15 bits per heavy atom. The van der Waals surface area contributed by atoms with Crippen LogP contribution in [-0.4, -0.2) is 40.5 Å². The molecule has 1 rings (SSSR count). The minimum atomic E-state index is -1.14. The largest absolute Gasteiger partial charge is 0.480 e. The predicted octanol–water partition coefficient (Wildman–Crippen LogP) is 1.80. The van der Waals surface area contributed by atoms with Crippen molar-refractivity contribution in [2.75, 3.05) is 12.4 Å². The number of carbonyl (C=O) groups is 2. The molecule has 5 nitrogen and oxygen atoms in total. The van der Waals surface area contributed by atoms with Crippen molar-refractivity contribution in [2.45, 2.75) is 24.3 Å². The molecular weight excluding hydrogens is 346 g/mol. The Hall–Kier alpha value is -1.05. The first-order valence-corrected chi connectivity index (χ1v) is 7.74. The number of halogens is 1. The third-order valence-corrected chi connectivity index (χ3v) is 4.22. The number of amides is 1. The Morgan fingerprint density at radius 3 is 2.70 bits per heavy atom. The first kappa shape index (κ1) is 17.0. The number of aliphatic hydroxyl groups excluding tert-OH is 1. The van der Waals surface area contributed by atoms with Crippen LogP contribution in [0.1, 0.15) is 12.0 Å². The van der Waals surface area contributed by atoms with Crippen LogP contribution in [0.4, 0.5) is 0 Å². The highest BCUT2D eigenvalue weighted by atomic mass is 79.9. The highest BCUT2D eigenvalue weighted by Crippen LogP contribution is 2.25. The van der Waals surface area contributed by atoms with E-state index in [-0.39, 0.29) is 24.7 Å². The zero-order valence-corrected chi connectivity index (χ0v) is 13.3. The van der Waals surface area contributed by atoms with Crippen molar-refractivity contribution in [1.82, 2.24) is 5.32 Å². The fourth-order valence-electron chi connectivity index (χ4n) is 1.54. The maximum atomic E-state index is 11.7. The molecule has 0 radical (unpaired) electrons. The lowest BCUT2D eigenvalue weighted by atomic mass is 10.2. The quantitative estimate of drug-likeness (QED) is 0.644. The van der Waals surface area contributed by atoms with E-state index in [4.69, 9.17) is 10.2 Å². The molecule has 0 saturated carbocycles. The summed E-state index contributed by atoms with van der Waals surface area (Å²) in [6.07, 6.45) is 0.00303. The number of carboxylic acid groups (broad SMARTS) is 1. The summed E-state index contributed by atoms with van der Waals surface area (Å²) in [6.45, 7) is 1.66. The summed E-state index contributed by atoms with van der Waals surface area (Å²) in [4.78, 5) is 23.5. The Balaban J connectivity index is 2.52. The lowest BCUT2D eigenvalue weighted by Crippen LogP contribution is -2.42. The number of carboxylic acids is 1. The van der Waals surface area contributed by atoms with E-state index in [1.807, 2.05) is 25.1 Å². The molecule has 0 bridgehead atoms. The molecule has 0 aliphatic carbocycles. The van der Waals surface area contributed by atoms with Crippen LogP contribution in [0.25, 0.3) is 0 Å². The topological polar surface area (TPSA) is 86.6 Å². The number of rotatable bonds is 7. The third-order valence-electron chi connectivity index (χ3n) is 2.55. The monoisotopic (exact) mass is 361 g/mol. The van der Waals surface area contributed by atoms with Gasteiger partial charge in [0, 0.05) is 22.4 Å². The number of hydrogen-bond acceptors (Lipinski definition) is 4. The number of aliphatic hydroxyl groups is 1. The van der Waals surface area contributed by atoms with Crippen LogP contribution >= 0.6 is 27.7 Å². The first-order valence-electron chi connectivity index (χ1n) is 5.96. The molecule has 1 atom stereocenters. The summed E-state index contributed by atoms with van der Waals surface area (Å²) in [5, 5.41) is 20.0. The van der Waals surface area contributed by atoms with Gasteiger partial charge in [0.15, 0.2) is 0 Å². The van der Waals surface area contributed by atoms with Gasteiger partial charge in [-0.05, 0) is 30.7 Å². The molecule has 0 spiro atoms. The smallest absolute Gasteiger partial charge is 0.326 e. The lowest BCUT2D eigenvalue weighted by Gasteiger charge is -2.13. The fourth-order valence-corrected chi connectivity index (χ4v) is 2.84. The maximum Gasteiger partial charge on any atom is 0.326 e. The van der Waals surface area contributed by atoms with E-state index in [2.05, 4.69) is 21.2 Å². The Labute approximate surface area is 129 Å². The normalized spacial score (nSPS) is 11.9. The van der Waals surface area contributed by atoms with E-state index in [0.29, 0.717) is 0 Å². The van der Waals surface area contributed by atoms with Gasteiger partial charge in [0.1, 0.15) is 6.04 Å². The summed E-state index contributed by atoms with van der Waals surface area (Å²) < 4.78 is 0.970. The van der Waals surface area contributed by atoms with E-state index in [9.17, 15) is 9.59 Å². The highest BCUT2D eigenvalue weighted by Gasteiger charge is 2.19. The van der Waals surface area contributed by atoms with Crippen molar-refractivity contribution >= 4 is 39.6 Å². The van der Waals surface area contributed by atoms with Crippen molar-refractivity contribution in [3.63, 3.8) is 0 Å². The van der Waals surface area contributed by atoms with Gasteiger partial charge >= 0.3 is 5.97 Å². The Bertz CT molecular complexity index is 495. The van der Waals surface area contributed by atoms with Gasteiger partial charge in [-0.1, -0.05) is 15.9 Å². The first-order chi connectivity index (χ1) is 9.43. The number of aryl methyl sites for hydroxylation is 1. The summed E-state index contributed by atoms with van der Waals surface area (Å²) in [7, 11) is 0. The molecule has 0 heterocycles. The number of carbonyl (C=O) groups excluding carboxylic acids is 1. The summed E-state index contributed by atoms with van der Waals surface area (Å²) in [6, 6.07) is 4.70. The van der Waals surface area contributed by atoms with Crippen LogP contribution in [0, 0.1) is 6.92 Å². The number of benzene rings is 1. The van der Waals surface area contributed by atoms with Crippen LogP contribution in [0.2, 0.25) is 0 Å². The van der Waals surface area contributed by atoms with Gasteiger partial charge in [0.05, 0.1) is 5.75 Å². The SMILES string of the molecule is Cc1cc(Br)ccc1SCC(=O)N[C@H](CCO)C(=O)O. The van der Waals surface area contributed by atoms with Gasteiger partial charge < -0.3 is 15.5 Å². The molecular formula is C13H16BrNO4S. The van der Waals surface area contributed by atoms with Crippen LogP contribution in [0.15, 0.2) is 27.6 Å². The molecule has 1 amide bonds. The number of hydrogen-bond donors (Lipinski definition) is 3. The van der Waals surface area contributed by atoms with Gasteiger partial charge in [0.2, 0.25) is 5.91 Å². The maximum absolute atomic E-state index is 11.7. The molecule has 0 saturated heterocycles. The van der Waals surface area contributed by atoms with E-state index in [0.717, 1.165) is 14.9 Å². The average Bonchev–Trinajstić information content (AvgIpc) is 2.37. The highest BCUT2D eigenvalue weighted by molar-refractivity contribution is 9.10. The number of nitrogens with one attached hydrogen (secondary N) is 1. The van der Waals surface area contributed by atoms with Gasteiger partial charge in [-0.15, -0.1) is 11.8 Å². The zero-order valence-electron chi connectivity index (χ0n) is 10.9. The van der Waals surface area contributed by atoms with E-state index in [1.165, 1.54) is 11.8 Å². The molecule has 0 aliphatic rings. The van der Waals surface area contributed by atoms with Crippen molar-refractivity contribution in [1.29, 1.82) is 0 Å². The minimum absolute atomic E-state index is 0.00303. The van der Waals surface area contributed by atoms with Crippen LogP contribution < -0.4 is 5.32 Å². The van der Waals surface area contributed by atoms with Gasteiger partial charge in [0.25, 0.3) is 0 Å². The van der Waals surface area contributed by atoms with E-state index < -0.39 is 12.0 Å². The molecule has 7 heteroatoms. The molecule has 3 N–H and O–H groups in total. The molecule has 0 aliphatic heterocycles. The molecule has 0 fully saturated rings. The summed E-state index contributed by atoms with van der Waals surface area (Å²) in [5.74, 6) is -1.37.